The van der Waals surface area contributed by atoms with Crippen molar-refractivity contribution in [3.63, 3.8) is 0 Å². The van der Waals surface area contributed by atoms with E-state index in [1.54, 1.807) is 7.11 Å². The van der Waals surface area contributed by atoms with Crippen LogP contribution in [0.25, 0.3) is 0 Å². The first-order valence-corrected chi connectivity index (χ1v) is 9.40. The summed E-state index contributed by atoms with van der Waals surface area (Å²) in [6, 6.07) is 5.74. The van der Waals surface area contributed by atoms with Crippen molar-refractivity contribution in [2.24, 2.45) is 11.8 Å². The van der Waals surface area contributed by atoms with Gasteiger partial charge in [0.1, 0.15) is 5.75 Å². The first-order valence-electron chi connectivity index (χ1n) is 9.40. The minimum atomic E-state index is -0.0473. The minimum Gasteiger partial charge on any atom is -0.495 e. The summed E-state index contributed by atoms with van der Waals surface area (Å²) in [4.78, 5) is 27.2. The van der Waals surface area contributed by atoms with Gasteiger partial charge in [0.05, 0.1) is 26.0 Å². The molecule has 26 heavy (non-hydrogen) atoms. The molecule has 142 valence electrons. The normalized spacial score (nSPS) is 23.4. The number of rotatable bonds is 4. The maximum atomic E-state index is 12.6. The van der Waals surface area contributed by atoms with Crippen molar-refractivity contribution in [3.05, 3.63) is 23.8 Å². The molecular formula is C20H28N2O4. The van der Waals surface area contributed by atoms with Crippen LogP contribution < -0.4 is 10.1 Å². The molecule has 3 rings (SSSR count). The second-order valence-corrected chi connectivity index (χ2v) is 7.18. The third-order valence-electron chi connectivity index (χ3n) is 5.38. The fourth-order valence-electron chi connectivity index (χ4n) is 3.80. The van der Waals surface area contributed by atoms with Crippen molar-refractivity contribution in [2.45, 2.75) is 32.6 Å². The SMILES string of the molecule is COc1ccc(C)cc1NC(=O)C1CCC(C(=O)N2CCOCC2)CC1. The molecule has 1 saturated heterocycles. The zero-order chi connectivity index (χ0) is 18.5. The van der Waals surface area contributed by atoms with Crippen molar-refractivity contribution in [3.8, 4) is 5.75 Å². The first-order chi connectivity index (χ1) is 12.6. The van der Waals surface area contributed by atoms with Crippen LogP contribution in [0.15, 0.2) is 18.2 Å². The van der Waals surface area contributed by atoms with Crippen LogP contribution in [0.2, 0.25) is 0 Å². The summed E-state index contributed by atoms with van der Waals surface area (Å²) in [6.07, 6.45) is 3.06. The van der Waals surface area contributed by atoms with Gasteiger partial charge >= 0.3 is 0 Å². The average molecular weight is 360 g/mol. The first kappa shape index (κ1) is 18.7. The van der Waals surface area contributed by atoms with Gasteiger partial charge in [0.2, 0.25) is 11.8 Å². The van der Waals surface area contributed by atoms with Gasteiger partial charge in [-0.15, -0.1) is 0 Å². The van der Waals surface area contributed by atoms with Crippen molar-refractivity contribution >= 4 is 17.5 Å². The number of benzene rings is 1. The predicted molar refractivity (Wildman–Crippen MR) is 99.2 cm³/mol. The number of morpholine rings is 1. The van der Waals surface area contributed by atoms with Crippen LogP contribution in [-0.2, 0) is 14.3 Å². The Balaban J connectivity index is 1.53. The molecule has 0 aromatic heterocycles. The molecule has 2 fully saturated rings. The fourth-order valence-corrected chi connectivity index (χ4v) is 3.80. The number of ether oxygens (including phenoxy) is 2. The molecule has 1 N–H and O–H groups in total. The zero-order valence-corrected chi connectivity index (χ0v) is 15.6. The number of nitrogens with zero attached hydrogens (tertiary/aromatic N) is 1. The molecule has 1 aromatic carbocycles. The van der Waals surface area contributed by atoms with Crippen LogP contribution in [0.5, 0.6) is 5.75 Å². The number of hydrogen-bond donors (Lipinski definition) is 1. The molecule has 0 atom stereocenters. The lowest BCUT2D eigenvalue weighted by molar-refractivity contribution is -0.141. The van der Waals surface area contributed by atoms with E-state index in [1.165, 1.54) is 0 Å². The molecule has 0 unspecified atom stereocenters. The number of anilines is 1. The molecule has 0 radical (unpaired) electrons. The molecule has 6 nitrogen and oxygen atoms in total. The highest BCUT2D eigenvalue weighted by Crippen LogP contribution is 2.32. The number of hydrogen-bond acceptors (Lipinski definition) is 4. The van der Waals surface area contributed by atoms with Gasteiger partial charge in [-0.05, 0) is 50.3 Å². The summed E-state index contributed by atoms with van der Waals surface area (Å²) < 4.78 is 10.6. The molecule has 2 amide bonds. The molecular weight excluding hydrogens is 332 g/mol. The number of methoxy groups -OCH3 is 1. The van der Waals surface area contributed by atoms with E-state index >= 15 is 0 Å². The summed E-state index contributed by atoms with van der Waals surface area (Å²) in [7, 11) is 1.60. The van der Waals surface area contributed by atoms with E-state index in [-0.39, 0.29) is 23.7 Å². The number of aryl methyl sites for hydroxylation is 1. The number of carbonyl (C=O) groups excluding carboxylic acids is 2. The van der Waals surface area contributed by atoms with Crippen LogP contribution in [-0.4, -0.2) is 50.1 Å². The lowest BCUT2D eigenvalue weighted by atomic mass is 9.81. The second-order valence-electron chi connectivity index (χ2n) is 7.18. The maximum absolute atomic E-state index is 12.6. The van der Waals surface area contributed by atoms with Gasteiger partial charge in [-0.1, -0.05) is 6.07 Å². The Morgan fingerprint density at radius 2 is 1.77 bits per heavy atom. The standard InChI is InChI=1S/C20H28N2O4/c1-14-3-8-18(25-2)17(13-14)21-19(23)15-4-6-16(7-5-15)20(24)22-9-11-26-12-10-22/h3,8,13,15-16H,4-7,9-12H2,1-2H3,(H,21,23). The summed E-state index contributed by atoms with van der Waals surface area (Å²) >= 11 is 0. The predicted octanol–water partition coefficient (Wildman–Crippen LogP) is 2.61. The summed E-state index contributed by atoms with van der Waals surface area (Å²) in [6.45, 7) is 4.61. The number of amides is 2. The molecule has 1 saturated carbocycles. The van der Waals surface area contributed by atoms with E-state index in [4.69, 9.17) is 9.47 Å². The molecule has 1 heterocycles. The number of carbonyl (C=O) groups is 2. The summed E-state index contributed by atoms with van der Waals surface area (Å²) in [5.74, 6) is 0.915. The summed E-state index contributed by atoms with van der Waals surface area (Å²) in [5.41, 5.74) is 1.78. The zero-order valence-electron chi connectivity index (χ0n) is 15.6. The van der Waals surface area contributed by atoms with Crippen LogP contribution in [0.4, 0.5) is 5.69 Å². The monoisotopic (exact) mass is 360 g/mol. The van der Waals surface area contributed by atoms with Crippen molar-refractivity contribution in [1.29, 1.82) is 0 Å². The van der Waals surface area contributed by atoms with Gasteiger partial charge in [-0.3, -0.25) is 9.59 Å². The minimum absolute atomic E-state index is 0.0196. The topological polar surface area (TPSA) is 67.9 Å². The lowest BCUT2D eigenvalue weighted by Crippen LogP contribution is -2.44. The van der Waals surface area contributed by atoms with E-state index in [0.29, 0.717) is 37.7 Å². The average Bonchev–Trinajstić information content (AvgIpc) is 2.68. The van der Waals surface area contributed by atoms with Crippen molar-refractivity contribution < 1.29 is 19.1 Å². The third kappa shape index (κ3) is 4.36. The van der Waals surface area contributed by atoms with Gasteiger partial charge in [0.25, 0.3) is 0 Å². The smallest absolute Gasteiger partial charge is 0.227 e. The highest BCUT2D eigenvalue weighted by Gasteiger charge is 2.32. The fraction of sp³-hybridized carbons (Fsp3) is 0.600. The molecule has 1 aromatic rings. The second kappa shape index (κ2) is 8.54. The van der Waals surface area contributed by atoms with Gasteiger partial charge < -0.3 is 19.7 Å². The van der Waals surface area contributed by atoms with Gasteiger partial charge in [0.15, 0.2) is 0 Å². The lowest BCUT2D eigenvalue weighted by Gasteiger charge is -2.33. The highest BCUT2D eigenvalue weighted by atomic mass is 16.5. The Labute approximate surface area is 154 Å². The molecule has 0 bridgehead atoms. The quantitative estimate of drug-likeness (QED) is 0.896. The van der Waals surface area contributed by atoms with Crippen LogP contribution >= 0.6 is 0 Å². The van der Waals surface area contributed by atoms with Crippen molar-refractivity contribution in [1.82, 2.24) is 4.90 Å². The Morgan fingerprint density at radius 1 is 1.12 bits per heavy atom. The van der Waals surface area contributed by atoms with E-state index in [2.05, 4.69) is 5.32 Å². The molecule has 1 aliphatic carbocycles. The van der Waals surface area contributed by atoms with Crippen LogP contribution in [0, 0.1) is 18.8 Å². The van der Waals surface area contributed by atoms with Gasteiger partial charge in [-0.25, -0.2) is 0 Å². The summed E-state index contributed by atoms with van der Waals surface area (Å²) in [5, 5.41) is 3.00. The van der Waals surface area contributed by atoms with Crippen LogP contribution in [0.1, 0.15) is 31.2 Å². The molecule has 1 aliphatic heterocycles. The van der Waals surface area contributed by atoms with E-state index in [0.717, 1.165) is 31.2 Å². The van der Waals surface area contributed by atoms with E-state index in [9.17, 15) is 9.59 Å². The molecule has 6 heteroatoms. The van der Waals surface area contributed by atoms with Crippen LogP contribution in [0.3, 0.4) is 0 Å². The Kier molecular flexibility index (Phi) is 6.14. The largest absolute Gasteiger partial charge is 0.495 e. The van der Waals surface area contributed by atoms with Gasteiger partial charge in [0, 0.05) is 24.9 Å². The molecule has 0 spiro atoms. The van der Waals surface area contributed by atoms with E-state index < -0.39 is 0 Å². The Bertz CT molecular complexity index is 647. The number of nitrogens with one attached hydrogen (secondary N) is 1. The van der Waals surface area contributed by atoms with Gasteiger partial charge in [-0.2, -0.15) is 0 Å². The highest BCUT2D eigenvalue weighted by molar-refractivity contribution is 5.94. The maximum Gasteiger partial charge on any atom is 0.227 e. The third-order valence-corrected chi connectivity index (χ3v) is 5.38. The Morgan fingerprint density at radius 3 is 2.42 bits per heavy atom. The Hall–Kier alpha value is -2.08. The van der Waals surface area contributed by atoms with E-state index in [1.807, 2.05) is 30.0 Å². The van der Waals surface area contributed by atoms with Crippen molar-refractivity contribution in [2.75, 3.05) is 38.7 Å². The molecule has 2 aliphatic rings.